The van der Waals surface area contributed by atoms with E-state index in [1.807, 2.05) is 26.1 Å². The van der Waals surface area contributed by atoms with E-state index in [2.05, 4.69) is 33.3 Å². The molecule has 4 nitrogen and oxygen atoms in total. The molecule has 2 aromatic rings. The van der Waals surface area contributed by atoms with E-state index in [9.17, 15) is 0 Å². The zero-order chi connectivity index (χ0) is 15.4. The van der Waals surface area contributed by atoms with E-state index in [0.717, 1.165) is 46.9 Å². The Balaban J connectivity index is 2.26. The topological polar surface area (TPSA) is 39.1 Å². The number of aryl methyl sites for hydroxylation is 2. The summed E-state index contributed by atoms with van der Waals surface area (Å²) >= 11 is 9.43. The molecular formula is C15H19BrClN3O. The van der Waals surface area contributed by atoms with Gasteiger partial charge in [0.1, 0.15) is 5.75 Å². The number of halogens is 2. The highest BCUT2D eigenvalue weighted by molar-refractivity contribution is 9.10. The van der Waals surface area contributed by atoms with Gasteiger partial charge in [0.15, 0.2) is 0 Å². The number of hydrogen-bond acceptors (Lipinski definition) is 3. The highest BCUT2D eigenvalue weighted by Gasteiger charge is 2.16. The van der Waals surface area contributed by atoms with Gasteiger partial charge in [-0.15, -0.1) is 0 Å². The Morgan fingerprint density at radius 1 is 1.43 bits per heavy atom. The van der Waals surface area contributed by atoms with Gasteiger partial charge in [-0.1, -0.05) is 18.5 Å². The molecule has 0 amide bonds. The second kappa shape index (κ2) is 7.29. The van der Waals surface area contributed by atoms with E-state index in [0.29, 0.717) is 5.02 Å². The lowest BCUT2D eigenvalue weighted by atomic mass is 10.2. The molecule has 0 saturated carbocycles. The Morgan fingerprint density at radius 3 is 2.86 bits per heavy atom. The van der Waals surface area contributed by atoms with Crippen molar-refractivity contribution in [3.8, 4) is 11.6 Å². The Morgan fingerprint density at radius 2 is 2.19 bits per heavy atom. The van der Waals surface area contributed by atoms with Crippen LogP contribution in [-0.4, -0.2) is 16.3 Å². The quantitative estimate of drug-likeness (QED) is 0.762. The molecule has 0 aliphatic rings. The standard InChI is InChI=1S/C15H19BrClN3O/c1-4-7-18-9-12-10(2)19-20(3)15(12)21-14-6-5-11(17)8-13(14)16/h5-6,8,18H,4,7,9H2,1-3H3. The van der Waals surface area contributed by atoms with Crippen molar-refractivity contribution in [3.05, 3.63) is 39.0 Å². The number of benzene rings is 1. The van der Waals surface area contributed by atoms with Crippen molar-refractivity contribution >= 4 is 27.5 Å². The molecule has 0 fully saturated rings. The molecule has 114 valence electrons. The number of ether oxygens (including phenoxy) is 1. The van der Waals surface area contributed by atoms with Gasteiger partial charge in [0.05, 0.1) is 15.7 Å². The molecule has 1 aromatic carbocycles. The molecule has 1 N–H and O–H groups in total. The van der Waals surface area contributed by atoms with Crippen molar-refractivity contribution in [2.75, 3.05) is 6.54 Å². The minimum absolute atomic E-state index is 0.667. The van der Waals surface area contributed by atoms with Crippen LogP contribution in [0.2, 0.25) is 5.02 Å². The third-order valence-electron chi connectivity index (χ3n) is 3.12. The fraction of sp³-hybridized carbons (Fsp3) is 0.400. The summed E-state index contributed by atoms with van der Waals surface area (Å²) in [5.74, 6) is 1.47. The summed E-state index contributed by atoms with van der Waals surface area (Å²) in [7, 11) is 1.88. The van der Waals surface area contributed by atoms with Gasteiger partial charge in [-0.05, 0) is 54.0 Å². The van der Waals surface area contributed by atoms with Crippen molar-refractivity contribution < 1.29 is 4.74 Å². The number of aromatic nitrogens is 2. The van der Waals surface area contributed by atoms with E-state index in [1.54, 1.807) is 10.7 Å². The maximum absolute atomic E-state index is 6.03. The first-order chi connectivity index (χ1) is 10.0. The summed E-state index contributed by atoms with van der Waals surface area (Å²) in [5, 5.41) is 8.50. The lowest BCUT2D eigenvalue weighted by Gasteiger charge is -2.11. The molecule has 0 radical (unpaired) electrons. The van der Waals surface area contributed by atoms with Crippen molar-refractivity contribution in [1.82, 2.24) is 15.1 Å². The van der Waals surface area contributed by atoms with Crippen LogP contribution in [0.5, 0.6) is 11.6 Å². The summed E-state index contributed by atoms with van der Waals surface area (Å²) in [6.07, 6.45) is 1.10. The second-order valence-electron chi connectivity index (χ2n) is 4.85. The van der Waals surface area contributed by atoms with E-state index in [4.69, 9.17) is 16.3 Å². The lowest BCUT2D eigenvalue weighted by molar-refractivity contribution is 0.421. The minimum atomic E-state index is 0.667. The van der Waals surface area contributed by atoms with Crippen LogP contribution in [0.3, 0.4) is 0 Å². The number of rotatable bonds is 6. The summed E-state index contributed by atoms with van der Waals surface area (Å²) in [6, 6.07) is 5.47. The van der Waals surface area contributed by atoms with Gasteiger partial charge in [-0.3, -0.25) is 0 Å². The van der Waals surface area contributed by atoms with Gasteiger partial charge < -0.3 is 10.1 Å². The lowest BCUT2D eigenvalue weighted by Crippen LogP contribution is -2.14. The molecule has 0 atom stereocenters. The van der Waals surface area contributed by atoms with Crippen LogP contribution in [-0.2, 0) is 13.6 Å². The first kappa shape index (κ1) is 16.3. The summed E-state index contributed by atoms with van der Waals surface area (Å²) in [6.45, 7) is 5.85. The Hall–Kier alpha value is -1.04. The summed E-state index contributed by atoms with van der Waals surface area (Å²) in [5.41, 5.74) is 2.05. The largest absolute Gasteiger partial charge is 0.438 e. The normalized spacial score (nSPS) is 10.9. The van der Waals surface area contributed by atoms with E-state index in [-0.39, 0.29) is 0 Å². The predicted molar refractivity (Wildman–Crippen MR) is 89.2 cm³/mol. The second-order valence-corrected chi connectivity index (χ2v) is 6.14. The van der Waals surface area contributed by atoms with Crippen molar-refractivity contribution in [2.24, 2.45) is 7.05 Å². The van der Waals surface area contributed by atoms with Crippen molar-refractivity contribution in [1.29, 1.82) is 0 Å². The highest BCUT2D eigenvalue weighted by atomic mass is 79.9. The first-order valence-corrected chi connectivity index (χ1v) is 8.06. The van der Waals surface area contributed by atoms with Crippen LogP contribution >= 0.6 is 27.5 Å². The molecule has 0 aliphatic carbocycles. The summed E-state index contributed by atoms with van der Waals surface area (Å²) < 4.78 is 8.62. The molecular weight excluding hydrogens is 354 g/mol. The predicted octanol–water partition coefficient (Wildman–Crippen LogP) is 4.44. The minimum Gasteiger partial charge on any atom is -0.438 e. The molecule has 0 unspecified atom stereocenters. The third kappa shape index (κ3) is 3.99. The molecule has 21 heavy (non-hydrogen) atoms. The van der Waals surface area contributed by atoms with Gasteiger partial charge in [0.2, 0.25) is 5.88 Å². The van der Waals surface area contributed by atoms with Crippen LogP contribution in [0.15, 0.2) is 22.7 Å². The van der Waals surface area contributed by atoms with Gasteiger partial charge in [-0.2, -0.15) is 5.10 Å². The molecule has 1 heterocycles. The third-order valence-corrected chi connectivity index (χ3v) is 3.97. The van der Waals surface area contributed by atoms with Gasteiger partial charge in [-0.25, -0.2) is 4.68 Å². The van der Waals surface area contributed by atoms with E-state index >= 15 is 0 Å². The van der Waals surface area contributed by atoms with Gasteiger partial charge >= 0.3 is 0 Å². The summed E-state index contributed by atoms with van der Waals surface area (Å²) in [4.78, 5) is 0. The Labute approximate surface area is 138 Å². The fourth-order valence-corrected chi connectivity index (χ4v) is 2.83. The van der Waals surface area contributed by atoms with Crippen molar-refractivity contribution in [3.63, 3.8) is 0 Å². The number of hydrogen-bond donors (Lipinski definition) is 1. The van der Waals surface area contributed by atoms with Crippen LogP contribution in [0.4, 0.5) is 0 Å². The molecule has 0 spiro atoms. The molecule has 0 aliphatic heterocycles. The molecule has 2 rings (SSSR count). The van der Waals surface area contributed by atoms with Crippen LogP contribution in [0.25, 0.3) is 0 Å². The monoisotopic (exact) mass is 371 g/mol. The van der Waals surface area contributed by atoms with Gasteiger partial charge in [0, 0.05) is 18.6 Å². The first-order valence-electron chi connectivity index (χ1n) is 6.89. The van der Waals surface area contributed by atoms with E-state index in [1.165, 1.54) is 0 Å². The van der Waals surface area contributed by atoms with Gasteiger partial charge in [0.25, 0.3) is 0 Å². The highest BCUT2D eigenvalue weighted by Crippen LogP contribution is 2.34. The maximum atomic E-state index is 6.03. The average Bonchev–Trinajstić information content (AvgIpc) is 2.68. The molecule has 6 heteroatoms. The SMILES string of the molecule is CCCNCc1c(C)nn(C)c1Oc1ccc(Cl)cc1Br. The zero-order valence-electron chi connectivity index (χ0n) is 12.4. The van der Waals surface area contributed by atoms with Crippen LogP contribution in [0.1, 0.15) is 24.6 Å². The smallest absolute Gasteiger partial charge is 0.222 e. The van der Waals surface area contributed by atoms with Crippen LogP contribution < -0.4 is 10.1 Å². The number of nitrogens with one attached hydrogen (secondary N) is 1. The molecule has 0 bridgehead atoms. The van der Waals surface area contributed by atoms with Crippen LogP contribution in [0, 0.1) is 6.92 Å². The Kier molecular flexibility index (Phi) is 5.67. The fourth-order valence-electron chi connectivity index (χ4n) is 2.06. The van der Waals surface area contributed by atoms with Crippen molar-refractivity contribution in [2.45, 2.75) is 26.8 Å². The van der Waals surface area contributed by atoms with E-state index < -0.39 is 0 Å². The number of nitrogens with zero attached hydrogens (tertiary/aromatic N) is 2. The average molecular weight is 373 g/mol. The Bertz CT molecular complexity index is 628. The maximum Gasteiger partial charge on any atom is 0.222 e. The molecule has 1 aromatic heterocycles. The zero-order valence-corrected chi connectivity index (χ0v) is 14.8. The molecule has 0 saturated heterocycles.